The molecule has 4 heterocycles. The Labute approximate surface area is 190 Å². The number of hydrogen-bond donors (Lipinski definition) is 0. The lowest BCUT2D eigenvalue weighted by Crippen LogP contribution is -2.40. The van der Waals surface area contributed by atoms with Crippen LogP contribution in [-0.4, -0.2) is 53.7 Å². The van der Waals surface area contributed by atoms with E-state index in [4.69, 9.17) is 0 Å². The standard InChI is InChI=1S/C24H23N7O2/c32-23-7-6-21(19-8-12-25-13-9-19)27-30(23)17-18-10-14-29(15-11-18)24(33)22-16-26-31(28-22)20-4-2-1-3-5-20/h1-9,12-13,16,18H,10-11,14-15,17H2. The lowest BCUT2D eigenvalue weighted by Gasteiger charge is -2.31. The SMILES string of the molecule is O=C(c1cnn(-c2ccccc2)n1)N1CCC(Cn2nc(-c3ccncc3)ccc2=O)CC1. The van der Waals surface area contributed by atoms with Crippen molar-refractivity contribution in [1.82, 2.24) is 34.7 Å². The molecule has 0 atom stereocenters. The number of likely N-dealkylation sites (tertiary alicyclic amines) is 1. The third-order valence-corrected chi connectivity index (χ3v) is 5.87. The topological polar surface area (TPSA) is 98.8 Å². The van der Waals surface area contributed by atoms with Crippen molar-refractivity contribution in [3.8, 4) is 16.9 Å². The van der Waals surface area contributed by atoms with E-state index in [0.29, 0.717) is 25.3 Å². The Morgan fingerprint density at radius 1 is 0.939 bits per heavy atom. The zero-order chi connectivity index (χ0) is 22.6. The van der Waals surface area contributed by atoms with Crippen LogP contribution < -0.4 is 5.56 Å². The van der Waals surface area contributed by atoms with Crippen LogP contribution in [0.5, 0.6) is 0 Å². The van der Waals surface area contributed by atoms with Gasteiger partial charge in [0.05, 0.1) is 17.6 Å². The van der Waals surface area contributed by atoms with Crippen molar-refractivity contribution in [3.05, 3.63) is 89.2 Å². The van der Waals surface area contributed by atoms with Gasteiger partial charge in [0.15, 0.2) is 5.69 Å². The maximum atomic E-state index is 12.9. The van der Waals surface area contributed by atoms with Gasteiger partial charge in [-0.25, -0.2) is 4.68 Å². The molecule has 1 aliphatic rings. The van der Waals surface area contributed by atoms with Gasteiger partial charge in [-0.15, -0.1) is 5.10 Å². The quantitative estimate of drug-likeness (QED) is 0.472. The van der Waals surface area contributed by atoms with Gasteiger partial charge >= 0.3 is 0 Å². The Morgan fingerprint density at radius 3 is 2.45 bits per heavy atom. The van der Waals surface area contributed by atoms with Gasteiger partial charge < -0.3 is 4.90 Å². The molecule has 3 aromatic heterocycles. The number of rotatable bonds is 5. The van der Waals surface area contributed by atoms with Crippen molar-refractivity contribution >= 4 is 5.91 Å². The zero-order valence-electron chi connectivity index (χ0n) is 18.0. The van der Waals surface area contributed by atoms with Gasteiger partial charge in [-0.1, -0.05) is 18.2 Å². The van der Waals surface area contributed by atoms with Gasteiger partial charge in [-0.3, -0.25) is 14.6 Å². The van der Waals surface area contributed by atoms with Gasteiger partial charge in [-0.05, 0) is 49.1 Å². The Bertz CT molecular complexity index is 1290. The molecule has 1 fully saturated rings. The molecule has 1 saturated heterocycles. The second-order valence-corrected chi connectivity index (χ2v) is 8.07. The van der Waals surface area contributed by atoms with Crippen LogP contribution in [0.1, 0.15) is 23.3 Å². The highest BCUT2D eigenvalue weighted by atomic mass is 16.2. The van der Waals surface area contributed by atoms with Crippen molar-refractivity contribution in [2.45, 2.75) is 19.4 Å². The largest absolute Gasteiger partial charge is 0.337 e. The van der Waals surface area contributed by atoms with E-state index in [-0.39, 0.29) is 17.4 Å². The molecule has 1 aromatic carbocycles. The molecule has 166 valence electrons. The number of carbonyl (C=O) groups excluding carboxylic acids is 1. The van der Waals surface area contributed by atoms with Crippen LogP contribution in [0.3, 0.4) is 0 Å². The molecule has 0 radical (unpaired) electrons. The van der Waals surface area contributed by atoms with Gasteiger partial charge in [0.2, 0.25) is 0 Å². The predicted octanol–water partition coefficient (Wildman–Crippen LogP) is 2.44. The minimum Gasteiger partial charge on any atom is -0.337 e. The fraction of sp³-hybridized carbons (Fsp3) is 0.250. The monoisotopic (exact) mass is 441 g/mol. The molecule has 9 nitrogen and oxygen atoms in total. The summed E-state index contributed by atoms with van der Waals surface area (Å²) in [5.41, 5.74) is 2.68. The third kappa shape index (κ3) is 4.57. The minimum atomic E-state index is -0.121. The third-order valence-electron chi connectivity index (χ3n) is 5.87. The van der Waals surface area contributed by atoms with Crippen LogP contribution in [0.25, 0.3) is 16.9 Å². The van der Waals surface area contributed by atoms with E-state index in [1.54, 1.807) is 29.4 Å². The number of para-hydroxylation sites is 1. The first-order chi connectivity index (χ1) is 16.2. The zero-order valence-corrected chi connectivity index (χ0v) is 18.0. The van der Waals surface area contributed by atoms with Crippen molar-refractivity contribution in [3.63, 3.8) is 0 Å². The van der Waals surface area contributed by atoms with Crippen LogP contribution in [0.4, 0.5) is 0 Å². The summed E-state index contributed by atoms with van der Waals surface area (Å²) in [6.45, 7) is 1.75. The number of hydrogen-bond acceptors (Lipinski definition) is 6. The molecule has 0 saturated carbocycles. The molecule has 0 bridgehead atoms. The fourth-order valence-corrected chi connectivity index (χ4v) is 4.03. The molecule has 0 unspecified atom stereocenters. The first-order valence-corrected chi connectivity index (χ1v) is 10.9. The number of benzene rings is 1. The van der Waals surface area contributed by atoms with Crippen molar-refractivity contribution in [2.24, 2.45) is 5.92 Å². The Hall–Kier alpha value is -4.14. The molecular formula is C24H23N7O2. The Balaban J connectivity index is 1.22. The normalized spacial score (nSPS) is 14.4. The van der Waals surface area contributed by atoms with E-state index in [1.807, 2.05) is 42.5 Å². The summed E-state index contributed by atoms with van der Waals surface area (Å²) >= 11 is 0. The van der Waals surface area contributed by atoms with Gasteiger partial charge in [0.25, 0.3) is 11.5 Å². The first kappa shape index (κ1) is 20.7. The molecule has 9 heteroatoms. The second kappa shape index (κ2) is 9.15. The molecule has 33 heavy (non-hydrogen) atoms. The van der Waals surface area contributed by atoms with E-state index in [1.165, 1.54) is 15.7 Å². The molecule has 5 rings (SSSR count). The van der Waals surface area contributed by atoms with E-state index < -0.39 is 0 Å². The number of nitrogens with zero attached hydrogens (tertiary/aromatic N) is 7. The maximum Gasteiger partial charge on any atom is 0.276 e. The Kier molecular flexibility index (Phi) is 5.75. The molecule has 0 aliphatic carbocycles. The lowest BCUT2D eigenvalue weighted by molar-refractivity contribution is 0.0674. The summed E-state index contributed by atoms with van der Waals surface area (Å²) in [4.78, 5) is 32.6. The molecule has 1 aliphatic heterocycles. The molecule has 0 spiro atoms. The summed E-state index contributed by atoms with van der Waals surface area (Å²) in [6.07, 6.45) is 6.52. The van der Waals surface area contributed by atoms with E-state index >= 15 is 0 Å². The van der Waals surface area contributed by atoms with Crippen LogP contribution >= 0.6 is 0 Å². The van der Waals surface area contributed by atoms with Crippen LogP contribution in [0, 0.1) is 5.92 Å². The van der Waals surface area contributed by atoms with Crippen LogP contribution in [0.15, 0.2) is 78.0 Å². The first-order valence-electron chi connectivity index (χ1n) is 10.9. The number of piperidine rings is 1. The number of pyridine rings is 1. The number of aromatic nitrogens is 6. The summed E-state index contributed by atoms with van der Waals surface area (Å²) < 4.78 is 1.53. The lowest BCUT2D eigenvalue weighted by atomic mass is 9.96. The van der Waals surface area contributed by atoms with Crippen LogP contribution in [0.2, 0.25) is 0 Å². The summed E-state index contributed by atoms with van der Waals surface area (Å²) in [6, 6.07) is 16.5. The predicted molar refractivity (Wildman–Crippen MR) is 122 cm³/mol. The molecule has 0 N–H and O–H groups in total. The molecule has 1 amide bonds. The number of carbonyl (C=O) groups is 1. The Morgan fingerprint density at radius 2 is 1.70 bits per heavy atom. The van der Waals surface area contributed by atoms with Crippen LogP contribution in [-0.2, 0) is 6.54 Å². The average molecular weight is 441 g/mol. The molecule has 4 aromatic rings. The number of amides is 1. The highest BCUT2D eigenvalue weighted by Crippen LogP contribution is 2.21. The highest BCUT2D eigenvalue weighted by molar-refractivity contribution is 5.92. The van der Waals surface area contributed by atoms with E-state index in [0.717, 1.165) is 29.8 Å². The average Bonchev–Trinajstić information content (AvgIpc) is 3.37. The second-order valence-electron chi connectivity index (χ2n) is 8.07. The summed E-state index contributed by atoms with van der Waals surface area (Å²) in [7, 11) is 0. The fourth-order valence-electron chi connectivity index (χ4n) is 4.03. The van der Waals surface area contributed by atoms with Gasteiger partial charge in [-0.2, -0.15) is 15.0 Å². The summed E-state index contributed by atoms with van der Waals surface area (Å²) in [5, 5.41) is 13.1. The minimum absolute atomic E-state index is 0.120. The van der Waals surface area contributed by atoms with Crippen molar-refractivity contribution in [2.75, 3.05) is 13.1 Å². The maximum absolute atomic E-state index is 12.9. The van der Waals surface area contributed by atoms with E-state index in [9.17, 15) is 9.59 Å². The summed E-state index contributed by atoms with van der Waals surface area (Å²) in [5.74, 6) is 0.151. The van der Waals surface area contributed by atoms with Gasteiger partial charge in [0.1, 0.15) is 0 Å². The van der Waals surface area contributed by atoms with E-state index in [2.05, 4.69) is 20.3 Å². The van der Waals surface area contributed by atoms with Crippen molar-refractivity contribution < 1.29 is 4.79 Å². The smallest absolute Gasteiger partial charge is 0.276 e. The highest BCUT2D eigenvalue weighted by Gasteiger charge is 2.26. The van der Waals surface area contributed by atoms with Crippen molar-refractivity contribution in [1.29, 1.82) is 0 Å². The van der Waals surface area contributed by atoms with Gasteiger partial charge in [0, 0.05) is 43.7 Å². The molecular weight excluding hydrogens is 418 g/mol.